The van der Waals surface area contributed by atoms with Gasteiger partial charge in [-0.05, 0) is 48.9 Å². The highest BCUT2D eigenvalue weighted by Gasteiger charge is 2.40. The van der Waals surface area contributed by atoms with Crippen LogP contribution in [0.3, 0.4) is 0 Å². The number of rotatable bonds is 2. The molecule has 3 nitrogen and oxygen atoms in total. The summed E-state index contributed by atoms with van der Waals surface area (Å²) in [6, 6.07) is 0. The van der Waals surface area contributed by atoms with Crippen molar-refractivity contribution >= 4 is 11.8 Å². The van der Waals surface area contributed by atoms with Crippen LogP contribution >= 0.6 is 0 Å². The smallest absolute Gasteiger partial charge is 0.308 e. The van der Waals surface area contributed by atoms with Crippen molar-refractivity contribution in [2.24, 2.45) is 29.1 Å². The number of fused-ring (bicyclic) bond motifs is 1. The predicted molar refractivity (Wildman–Crippen MR) is 96.6 cm³/mol. The highest BCUT2D eigenvalue weighted by atomic mass is 16.5. The molecule has 2 rings (SSSR count). The quantitative estimate of drug-likeness (QED) is 0.654. The van der Waals surface area contributed by atoms with Gasteiger partial charge in [0.15, 0.2) is 0 Å². The molecule has 0 amide bonds. The Morgan fingerprint density at radius 1 is 1.08 bits per heavy atom. The lowest BCUT2D eigenvalue weighted by Gasteiger charge is -2.33. The average Bonchev–Trinajstić information content (AvgIpc) is 2.55. The van der Waals surface area contributed by atoms with Gasteiger partial charge in [-0.2, -0.15) is 0 Å². The van der Waals surface area contributed by atoms with E-state index < -0.39 is 0 Å². The monoisotopic (exact) mass is 336 g/mol. The number of methoxy groups -OCH3 is 1. The summed E-state index contributed by atoms with van der Waals surface area (Å²) >= 11 is 0. The lowest BCUT2D eigenvalue weighted by atomic mass is 9.72. The van der Waals surface area contributed by atoms with Crippen molar-refractivity contribution in [1.82, 2.24) is 0 Å². The fourth-order valence-electron chi connectivity index (χ4n) is 5.12. The van der Waals surface area contributed by atoms with Crippen molar-refractivity contribution in [1.29, 1.82) is 0 Å². The van der Waals surface area contributed by atoms with E-state index in [4.69, 9.17) is 4.74 Å². The molecule has 24 heavy (non-hydrogen) atoms. The summed E-state index contributed by atoms with van der Waals surface area (Å²) in [5.74, 6) is 1.49. The number of hydrogen-bond donors (Lipinski definition) is 0. The van der Waals surface area contributed by atoms with Crippen molar-refractivity contribution in [3.05, 3.63) is 0 Å². The molecule has 3 heteroatoms. The van der Waals surface area contributed by atoms with Crippen LogP contribution in [0.5, 0.6) is 0 Å². The Morgan fingerprint density at radius 2 is 1.75 bits per heavy atom. The zero-order chi connectivity index (χ0) is 17.7. The molecular formula is C21H36O3. The second-order valence-electron chi connectivity index (χ2n) is 9.36. The van der Waals surface area contributed by atoms with E-state index in [1.807, 2.05) is 0 Å². The lowest BCUT2D eigenvalue weighted by Crippen LogP contribution is -2.31. The van der Waals surface area contributed by atoms with Crippen LogP contribution in [0.25, 0.3) is 0 Å². The minimum atomic E-state index is -0.0456. The third kappa shape index (κ3) is 5.60. The van der Waals surface area contributed by atoms with Crippen LogP contribution in [-0.4, -0.2) is 18.9 Å². The first-order valence-electron chi connectivity index (χ1n) is 9.89. The third-order valence-corrected chi connectivity index (χ3v) is 5.98. The van der Waals surface area contributed by atoms with Gasteiger partial charge in [0.05, 0.1) is 13.0 Å². The number of Topliss-reactive ketones (excluding diaryl/α,β-unsaturated/α-hetero) is 1. The Hall–Kier alpha value is -0.860. The predicted octanol–water partition coefficient (Wildman–Crippen LogP) is 5.17. The van der Waals surface area contributed by atoms with Crippen LogP contribution in [0, 0.1) is 29.1 Å². The molecule has 0 radical (unpaired) electrons. The maximum atomic E-state index is 12.5. The Kier molecular flexibility index (Phi) is 6.88. The summed E-state index contributed by atoms with van der Waals surface area (Å²) in [7, 11) is 1.51. The maximum absolute atomic E-state index is 12.5. The molecule has 2 aliphatic carbocycles. The van der Waals surface area contributed by atoms with Gasteiger partial charge in [-0.1, -0.05) is 46.5 Å². The average molecular weight is 337 g/mol. The summed E-state index contributed by atoms with van der Waals surface area (Å²) in [5.41, 5.74) is 0.226. The summed E-state index contributed by atoms with van der Waals surface area (Å²) in [4.78, 5) is 25.0. The van der Waals surface area contributed by atoms with Crippen LogP contribution in [0.1, 0.15) is 85.0 Å². The van der Waals surface area contributed by atoms with Crippen molar-refractivity contribution < 1.29 is 14.3 Å². The molecule has 138 valence electrons. The maximum Gasteiger partial charge on any atom is 0.308 e. The van der Waals surface area contributed by atoms with E-state index in [1.165, 1.54) is 26.4 Å². The molecule has 4 atom stereocenters. The molecule has 2 saturated carbocycles. The molecule has 4 unspecified atom stereocenters. The van der Waals surface area contributed by atoms with Gasteiger partial charge < -0.3 is 4.74 Å². The molecule has 0 saturated heterocycles. The van der Waals surface area contributed by atoms with Crippen LogP contribution in [0.2, 0.25) is 0 Å². The first kappa shape index (κ1) is 19.5. The van der Waals surface area contributed by atoms with Crippen molar-refractivity contribution in [2.75, 3.05) is 7.11 Å². The topological polar surface area (TPSA) is 43.4 Å². The fourth-order valence-corrected chi connectivity index (χ4v) is 5.12. The first-order valence-corrected chi connectivity index (χ1v) is 9.89. The van der Waals surface area contributed by atoms with E-state index in [0.717, 1.165) is 32.1 Å². The van der Waals surface area contributed by atoms with Gasteiger partial charge in [0.1, 0.15) is 5.78 Å². The number of esters is 1. The summed E-state index contributed by atoms with van der Waals surface area (Å²) in [5, 5.41) is 0. The zero-order valence-corrected chi connectivity index (χ0v) is 16.1. The molecule has 2 aliphatic rings. The van der Waals surface area contributed by atoms with E-state index in [0.29, 0.717) is 36.4 Å². The van der Waals surface area contributed by atoms with Gasteiger partial charge in [0, 0.05) is 12.8 Å². The fraction of sp³-hybridized carbons (Fsp3) is 0.905. The summed E-state index contributed by atoms with van der Waals surface area (Å²) in [6.45, 7) is 6.75. The molecule has 0 bridgehead atoms. The number of carbonyl (C=O) groups is 2. The van der Waals surface area contributed by atoms with Crippen molar-refractivity contribution in [2.45, 2.75) is 85.0 Å². The SMILES string of the molecule is COC(=O)C1CCCCCCC2CC(=O)CC(CC(C)(C)C)CC21. The molecule has 0 aliphatic heterocycles. The standard InChI is InChI=1S/C21H36O3/c1-21(2,3)14-15-11-17(22)13-16-9-7-5-6-8-10-18(19(16)12-15)20(23)24-4/h15-16,18-19H,5-14H2,1-4H3. The molecule has 0 N–H and O–H groups in total. The Morgan fingerprint density at radius 3 is 2.38 bits per heavy atom. The normalized spacial score (nSPS) is 32.8. The van der Waals surface area contributed by atoms with E-state index in [1.54, 1.807) is 0 Å². The van der Waals surface area contributed by atoms with E-state index in [9.17, 15) is 9.59 Å². The summed E-state index contributed by atoms with van der Waals surface area (Å²) < 4.78 is 5.16. The highest BCUT2D eigenvalue weighted by Crippen LogP contribution is 2.44. The molecule has 0 aromatic carbocycles. The number of carbonyl (C=O) groups excluding carboxylic acids is 2. The van der Waals surface area contributed by atoms with Crippen LogP contribution in [0.4, 0.5) is 0 Å². The van der Waals surface area contributed by atoms with Gasteiger partial charge in [-0.15, -0.1) is 0 Å². The van der Waals surface area contributed by atoms with Gasteiger partial charge in [0.25, 0.3) is 0 Å². The summed E-state index contributed by atoms with van der Waals surface area (Å²) in [6.07, 6.45) is 10.3. The van der Waals surface area contributed by atoms with E-state index >= 15 is 0 Å². The highest BCUT2D eigenvalue weighted by molar-refractivity contribution is 5.79. The zero-order valence-electron chi connectivity index (χ0n) is 16.1. The van der Waals surface area contributed by atoms with Crippen molar-refractivity contribution in [3.63, 3.8) is 0 Å². The third-order valence-electron chi connectivity index (χ3n) is 5.98. The molecule has 0 aromatic heterocycles. The number of ether oxygens (including phenoxy) is 1. The van der Waals surface area contributed by atoms with Gasteiger partial charge in [-0.25, -0.2) is 0 Å². The first-order chi connectivity index (χ1) is 11.3. The Bertz CT molecular complexity index is 435. The second-order valence-corrected chi connectivity index (χ2v) is 9.36. The van der Waals surface area contributed by atoms with Crippen LogP contribution in [-0.2, 0) is 14.3 Å². The molecule has 0 spiro atoms. The molecule has 2 fully saturated rings. The van der Waals surface area contributed by atoms with Gasteiger partial charge in [0.2, 0.25) is 0 Å². The number of hydrogen-bond acceptors (Lipinski definition) is 3. The minimum Gasteiger partial charge on any atom is -0.469 e. The van der Waals surface area contributed by atoms with Gasteiger partial charge in [-0.3, -0.25) is 9.59 Å². The lowest BCUT2D eigenvalue weighted by molar-refractivity contribution is -0.149. The molecule has 0 heterocycles. The molecule has 0 aromatic rings. The Balaban J connectivity index is 2.25. The molecular weight excluding hydrogens is 300 g/mol. The van der Waals surface area contributed by atoms with Gasteiger partial charge >= 0.3 is 5.97 Å². The Labute approximate surface area is 147 Å². The van der Waals surface area contributed by atoms with E-state index in [-0.39, 0.29) is 17.3 Å². The number of ketones is 1. The largest absolute Gasteiger partial charge is 0.469 e. The van der Waals surface area contributed by atoms with Crippen LogP contribution < -0.4 is 0 Å². The van der Waals surface area contributed by atoms with Crippen LogP contribution in [0.15, 0.2) is 0 Å². The minimum absolute atomic E-state index is 0.00790. The second kappa shape index (κ2) is 8.49. The van der Waals surface area contributed by atoms with E-state index in [2.05, 4.69) is 20.8 Å². The van der Waals surface area contributed by atoms with Crippen molar-refractivity contribution in [3.8, 4) is 0 Å².